The van der Waals surface area contributed by atoms with Crippen molar-refractivity contribution in [3.05, 3.63) is 58.7 Å². The van der Waals surface area contributed by atoms with Crippen molar-refractivity contribution in [2.24, 2.45) is 0 Å². The van der Waals surface area contributed by atoms with Crippen LogP contribution >= 0.6 is 0 Å². The van der Waals surface area contributed by atoms with E-state index in [0.29, 0.717) is 33.4 Å². The van der Waals surface area contributed by atoms with E-state index < -0.39 is 11.8 Å². The average molecular weight is 291 g/mol. The molecule has 1 N–H and O–H groups in total. The predicted molar refractivity (Wildman–Crippen MR) is 77.0 cm³/mol. The van der Waals surface area contributed by atoms with Gasteiger partial charge in [0.1, 0.15) is 0 Å². The number of Topliss-reactive ketones (excluding diaryl/α,β-unsaturated/α-hetero) is 2. The van der Waals surface area contributed by atoms with Gasteiger partial charge in [-0.3, -0.25) is 24.5 Å². The number of rotatable bonds is 1. The van der Waals surface area contributed by atoms with E-state index in [1.807, 2.05) is 0 Å². The molecule has 0 saturated heterocycles. The highest BCUT2D eigenvalue weighted by Crippen LogP contribution is 2.32. The lowest BCUT2D eigenvalue weighted by molar-refractivity contribution is 0.0874. The zero-order valence-corrected chi connectivity index (χ0v) is 11.3. The zero-order chi connectivity index (χ0) is 15.4. The second-order valence-corrected chi connectivity index (χ2v) is 5.29. The molecule has 1 heterocycles. The summed E-state index contributed by atoms with van der Waals surface area (Å²) in [6.45, 7) is 0. The molecule has 0 spiro atoms. The number of carbonyl (C=O) groups excluding carboxylic acids is 4. The normalized spacial score (nSPS) is 15.8. The molecule has 2 aromatic carbocycles. The summed E-state index contributed by atoms with van der Waals surface area (Å²) in [6, 6.07) is 9.91. The van der Waals surface area contributed by atoms with Gasteiger partial charge in [-0.1, -0.05) is 24.3 Å². The molecule has 4 rings (SSSR count). The summed E-state index contributed by atoms with van der Waals surface area (Å²) >= 11 is 0. The number of benzene rings is 2. The summed E-state index contributed by atoms with van der Waals surface area (Å²) in [7, 11) is 0. The van der Waals surface area contributed by atoms with Crippen molar-refractivity contribution >= 4 is 23.4 Å². The molecular formula is C17H9NO4. The Bertz CT molecular complexity index is 911. The van der Waals surface area contributed by atoms with Gasteiger partial charge in [-0.25, -0.2) is 0 Å². The second kappa shape index (κ2) is 4.21. The topological polar surface area (TPSA) is 80.3 Å². The minimum atomic E-state index is -0.446. The minimum Gasteiger partial charge on any atom is -0.294 e. The second-order valence-electron chi connectivity index (χ2n) is 5.29. The van der Waals surface area contributed by atoms with E-state index in [4.69, 9.17) is 0 Å². The first-order valence-corrected chi connectivity index (χ1v) is 6.76. The molecule has 2 aliphatic rings. The van der Waals surface area contributed by atoms with Crippen LogP contribution in [0.2, 0.25) is 0 Å². The first kappa shape index (κ1) is 12.6. The van der Waals surface area contributed by atoms with Gasteiger partial charge in [0.15, 0.2) is 11.6 Å². The van der Waals surface area contributed by atoms with Crippen molar-refractivity contribution in [3.63, 3.8) is 0 Å². The maximum Gasteiger partial charge on any atom is 0.259 e. The van der Waals surface area contributed by atoms with Crippen molar-refractivity contribution < 1.29 is 19.2 Å². The number of fused-ring (bicyclic) bond motifs is 2. The van der Waals surface area contributed by atoms with Crippen LogP contribution in [0.25, 0.3) is 11.1 Å². The molecule has 5 nitrogen and oxygen atoms in total. The fourth-order valence-corrected chi connectivity index (χ4v) is 2.98. The number of carbonyl (C=O) groups is 4. The third-order valence-electron chi connectivity index (χ3n) is 4.02. The SMILES string of the molecule is O=C1CC(=O)c2cc(-c3cccc4c3C(=O)NC4=O)ccc21. The molecule has 0 saturated carbocycles. The Labute approximate surface area is 124 Å². The van der Waals surface area contributed by atoms with Crippen LogP contribution in [-0.4, -0.2) is 23.4 Å². The molecular weight excluding hydrogens is 282 g/mol. The van der Waals surface area contributed by atoms with Crippen molar-refractivity contribution in [1.29, 1.82) is 0 Å². The van der Waals surface area contributed by atoms with Crippen LogP contribution in [0.3, 0.4) is 0 Å². The van der Waals surface area contributed by atoms with Gasteiger partial charge in [0.2, 0.25) is 0 Å². The fraction of sp³-hybridized carbons (Fsp3) is 0.0588. The first-order valence-electron chi connectivity index (χ1n) is 6.76. The summed E-state index contributed by atoms with van der Waals surface area (Å²) < 4.78 is 0. The van der Waals surface area contributed by atoms with E-state index in [9.17, 15) is 19.2 Å². The van der Waals surface area contributed by atoms with E-state index in [-0.39, 0.29) is 18.0 Å². The summed E-state index contributed by atoms with van der Waals surface area (Å²) in [6.07, 6.45) is -0.106. The van der Waals surface area contributed by atoms with Crippen LogP contribution in [0.1, 0.15) is 47.9 Å². The van der Waals surface area contributed by atoms with Gasteiger partial charge >= 0.3 is 0 Å². The fourth-order valence-electron chi connectivity index (χ4n) is 2.98. The Morgan fingerprint density at radius 1 is 0.727 bits per heavy atom. The molecule has 0 aromatic heterocycles. The van der Waals surface area contributed by atoms with Crippen molar-refractivity contribution in [1.82, 2.24) is 5.32 Å². The van der Waals surface area contributed by atoms with Crippen LogP contribution in [-0.2, 0) is 0 Å². The molecule has 106 valence electrons. The molecule has 0 unspecified atom stereocenters. The number of amides is 2. The third-order valence-corrected chi connectivity index (χ3v) is 4.02. The van der Waals surface area contributed by atoms with Crippen molar-refractivity contribution in [3.8, 4) is 11.1 Å². The number of imide groups is 1. The number of hydrogen-bond acceptors (Lipinski definition) is 4. The Morgan fingerprint density at radius 2 is 1.45 bits per heavy atom. The van der Waals surface area contributed by atoms with Gasteiger partial charge in [0.05, 0.1) is 17.5 Å². The Kier molecular flexibility index (Phi) is 2.42. The number of ketones is 2. The van der Waals surface area contributed by atoms with Crippen molar-refractivity contribution in [2.75, 3.05) is 0 Å². The van der Waals surface area contributed by atoms with Gasteiger partial charge in [0, 0.05) is 11.1 Å². The Morgan fingerprint density at radius 3 is 2.27 bits per heavy atom. The van der Waals surface area contributed by atoms with E-state index in [1.165, 1.54) is 0 Å². The molecule has 0 radical (unpaired) electrons. The number of nitrogens with one attached hydrogen (secondary N) is 1. The molecule has 2 amide bonds. The summed E-state index contributed by atoms with van der Waals surface area (Å²) in [5.41, 5.74) is 2.65. The van der Waals surface area contributed by atoms with Crippen LogP contribution in [0.4, 0.5) is 0 Å². The summed E-state index contributed by atoms with van der Waals surface area (Å²) in [5.74, 6) is -1.26. The van der Waals surface area contributed by atoms with Crippen LogP contribution in [0.15, 0.2) is 36.4 Å². The molecule has 0 fully saturated rings. The lowest BCUT2D eigenvalue weighted by atomic mass is 9.94. The van der Waals surface area contributed by atoms with Gasteiger partial charge in [0.25, 0.3) is 11.8 Å². The van der Waals surface area contributed by atoms with E-state index in [1.54, 1.807) is 36.4 Å². The Hall–Kier alpha value is -3.08. The molecule has 22 heavy (non-hydrogen) atoms. The van der Waals surface area contributed by atoms with E-state index in [0.717, 1.165) is 0 Å². The molecule has 0 atom stereocenters. The largest absolute Gasteiger partial charge is 0.294 e. The summed E-state index contributed by atoms with van der Waals surface area (Å²) in [4.78, 5) is 47.2. The third kappa shape index (κ3) is 1.59. The highest BCUT2D eigenvalue weighted by Gasteiger charge is 2.31. The zero-order valence-electron chi connectivity index (χ0n) is 11.3. The number of hydrogen-bond donors (Lipinski definition) is 1. The summed E-state index contributed by atoms with van der Waals surface area (Å²) in [5, 5.41) is 2.26. The van der Waals surface area contributed by atoms with Crippen molar-refractivity contribution in [2.45, 2.75) is 6.42 Å². The average Bonchev–Trinajstić information content (AvgIpc) is 2.96. The predicted octanol–water partition coefficient (Wildman–Crippen LogP) is 2.01. The molecule has 5 heteroatoms. The molecule has 0 bridgehead atoms. The highest BCUT2D eigenvalue weighted by atomic mass is 16.2. The van der Waals surface area contributed by atoms with Gasteiger partial charge in [-0.15, -0.1) is 0 Å². The first-order chi connectivity index (χ1) is 10.6. The van der Waals surface area contributed by atoms with E-state index >= 15 is 0 Å². The van der Waals surface area contributed by atoms with E-state index in [2.05, 4.69) is 5.32 Å². The lowest BCUT2D eigenvalue weighted by Gasteiger charge is -2.07. The standard InChI is InChI=1S/C17H9NO4/c19-13-7-14(20)12-6-8(4-5-10(12)13)9-2-1-3-11-15(9)17(22)18-16(11)21/h1-6H,7H2,(H,18,21,22). The van der Waals surface area contributed by atoms with Crippen LogP contribution in [0, 0.1) is 0 Å². The molecule has 1 aliphatic heterocycles. The van der Waals surface area contributed by atoms with Crippen LogP contribution < -0.4 is 5.32 Å². The van der Waals surface area contributed by atoms with Gasteiger partial charge in [-0.2, -0.15) is 0 Å². The van der Waals surface area contributed by atoms with Gasteiger partial charge in [-0.05, 0) is 23.3 Å². The van der Waals surface area contributed by atoms with Gasteiger partial charge < -0.3 is 0 Å². The molecule has 1 aliphatic carbocycles. The minimum absolute atomic E-state index is 0.106. The maximum atomic E-state index is 12.0. The quantitative estimate of drug-likeness (QED) is 0.643. The monoisotopic (exact) mass is 291 g/mol. The lowest BCUT2D eigenvalue weighted by Crippen LogP contribution is -2.20. The maximum absolute atomic E-state index is 12.0. The Balaban J connectivity index is 1.94. The smallest absolute Gasteiger partial charge is 0.259 e. The molecule has 2 aromatic rings. The highest BCUT2D eigenvalue weighted by molar-refractivity contribution is 6.26. The van der Waals surface area contributed by atoms with Crippen LogP contribution in [0.5, 0.6) is 0 Å².